The van der Waals surface area contributed by atoms with Crippen LogP contribution < -0.4 is 10.9 Å². The van der Waals surface area contributed by atoms with Crippen molar-refractivity contribution >= 4 is 24.2 Å². The normalized spacial score (nSPS) is 11.1. The molecule has 0 aliphatic heterocycles. The van der Waals surface area contributed by atoms with Gasteiger partial charge in [-0.05, 0) is 37.8 Å². The molecule has 6 nitrogen and oxygen atoms in total. The number of hydrogen-bond acceptors (Lipinski definition) is 4. The van der Waals surface area contributed by atoms with E-state index in [2.05, 4.69) is 21.1 Å². The van der Waals surface area contributed by atoms with E-state index in [0.717, 1.165) is 36.8 Å². The van der Waals surface area contributed by atoms with Gasteiger partial charge in [0.1, 0.15) is 0 Å². The number of amides is 2. The molecule has 0 bridgehead atoms. The minimum atomic E-state index is -0.0958. The number of hydrogen-bond donors (Lipinski definition) is 2. The minimum absolute atomic E-state index is 0.0958. The van der Waals surface area contributed by atoms with Gasteiger partial charge in [-0.25, -0.2) is 10.9 Å². The predicted molar refractivity (Wildman–Crippen MR) is 122 cm³/mol. The molecule has 30 heavy (non-hydrogen) atoms. The molecule has 0 saturated carbocycles. The molecule has 2 N–H and O–H groups in total. The van der Waals surface area contributed by atoms with Gasteiger partial charge in [0.15, 0.2) is 0 Å². The van der Waals surface area contributed by atoms with Crippen LogP contribution in [0.3, 0.4) is 0 Å². The third kappa shape index (κ3) is 9.78. The van der Waals surface area contributed by atoms with Crippen molar-refractivity contribution in [3.63, 3.8) is 0 Å². The fraction of sp³-hybridized carbons (Fsp3) is 0.333. The Kier molecular flexibility index (Phi) is 10.00. The van der Waals surface area contributed by atoms with Crippen molar-refractivity contribution in [2.75, 3.05) is 0 Å². The molecule has 2 rings (SSSR count). The molecule has 0 aromatic heterocycles. The van der Waals surface area contributed by atoms with E-state index >= 15 is 0 Å². The monoisotopic (exact) mass is 406 g/mol. The van der Waals surface area contributed by atoms with E-state index in [1.165, 1.54) is 11.1 Å². The SMILES string of the molecule is Cc1ccc(/C=N\NC(=O)CCCCCCC(=O)N/N=C\c2ccc(C)cc2)cc1. The van der Waals surface area contributed by atoms with Crippen LogP contribution in [-0.2, 0) is 9.59 Å². The average Bonchev–Trinajstić information content (AvgIpc) is 2.73. The van der Waals surface area contributed by atoms with Gasteiger partial charge in [-0.1, -0.05) is 72.5 Å². The number of benzene rings is 2. The Morgan fingerprint density at radius 1 is 0.667 bits per heavy atom. The summed E-state index contributed by atoms with van der Waals surface area (Å²) >= 11 is 0. The third-order valence-corrected chi connectivity index (χ3v) is 4.52. The molecule has 0 heterocycles. The summed E-state index contributed by atoms with van der Waals surface area (Å²) in [5.41, 5.74) is 9.35. The first-order valence-corrected chi connectivity index (χ1v) is 10.3. The molecule has 2 amide bonds. The Hall–Kier alpha value is -3.28. The Balaban J connectivity index is 1.49. The summed E-state index contributed by atoms with van der Waals surface area (Å²) in [5.74, 6) is -0.192. The molecule has 6 heteroatoms. The van der Waals surface area contributed by atoms with Crippen LogP contribution in [0, 0.1) is 13.8 Å². The largest absolute Gasteiger partial charge is 0.273 e. The van der Waals surface area contributed by atoms with Crippen LogP contribution in [0.15, 0.2) is 58.7 Å². The molecule has 2 aromatic rings. The summed E-state index contributed by atoms with van der Waals surface area (Å²) in [6.45, 7) is 4.05. The molecular weight excluding hydrogens is 376 g/mol. The minimum Gasteiger partial charge on any atom is -0.273 e. The van der Waals surface area contributed by atoms with E-state index in [1.54, 1.807) is 12.4 Å². The van der Waals surface area contributed by atoms with Crippen molar-refractivity contribution in [1.82, 2.24) is 10.9 Å². The lowest BCUT2D eigenvalue weighted by Gasteiger charge is -2.02. The van der Waals surface area contributed by atoms with Crippen LogP contribution in [0.5, 0.6) is 0 Å². The Morgan fingerprint density at radius 3 is 1.40 bits per heavy atom. The molecule has 0 spiro atoms. The van der Waals surface area contributed by atoms with E-state index in [4.69, 9.17) is 0 Å². The van der Waals surface area contributed by atoms with Crippen LogP contribution in [0.4, 0.5) is 0 Å². The summed E-state index contributed by atoms with van der Waals surface area (Å²) in [4.78, 5) is 23.6. The van der Waals surface area contributed by atoms with E-state index in [1.807, 2.05) is 62.4 Å². The van der Waals surface area contributed by atoms with Crippen molar-refractivity contribution in [2.45, 2.75) is 52.4 Å². The molecule has 0 unspecified atom stereocenters. The summed E-state index contributed by atoms with van der Waals surface area (Å²) < 4.78 is 0. The molecule has 158 valence electrons. The number of hydrazone groups is 2. The van der Waals surface area contributed by atoms with Crippen molar-refractivity contribution < 1.29 is 9.59 Å². The maximum atomic E-state index is 11.8. The van der Waals surface area contributed by atoms with Gasteiger partial charge in [0.2, 0.25) is 11.8 Å². The average molecular weight is 407 g/mol. The van der Waals surface area contributed by atoms with Crippen LogP contribution in [0.2, 0.25) is 0 Å². The quantitative estimate of drug-likeness (QED) is 0.332. The highest BCUT2D eigenvalue weighted by Gasteiger charge is 2.02. The summed E-state index contributed by atoms with van der Waals surface area (Å²) in [5, 5.41) is 7.95. The summed E-state index contributed by atoms with van der Waals surface area (Å²) in [6.07, 6.45) is 7.48. The highest BCUT2D eigenvalue weighted by molar-refractivity contribution is 5.83. The Morgan fingerprint density at radius 2 is 1.03 bits per heavy atom. The van der Waals surface area contributed by atoms with Crippen LogP contribution in [0.1, 0.15) is 60.8 Å². The van der Waals surface area contributed by atoms with Crippen molar-refractivity contribution in [3.05, 3.63) is 70.8 Å². The van der Waals surface area contributed by atoms with E-state index in [0.29, 0.717) is 12.8 Å². The highest BCUT2D eigenvalue weighted by Crippen LogP contribution is 2.06. The van der Waals surface area contributed by atoms with Gasteiger partial charge in [0, 0.05) is 12.8 Å². The molecule has 0 aliphatic rings. The zero-order valence-electron chi connectivity index (χ0n) is 17.7. The Labute approximate surface area is 178 Å². The number of nitrogens with zero attached hydrogens (tertiary/aromatic N) is 2. The summed E-state index contributed by atoms with van der Waals surface area (Å²) in [7, 11) is 0. The lowest BCUT2D eigenvalue weighted by Crippen LogP contribution is -2.17. The number of carbonyl (C=O) groups is 2. The smallest absolute Gasteiger partial charge is 0.240 e. The van der Waals surface area contributed by atoms with Gasteiger partial charge in [0.25, 0.3) is 0 Å². The first-order valence-electron chi connectivity index (χ1n) is 10.3. The van der Waals surface area contributed by atoms with Crippen molar-refractivity contribution in [2.24, 2.45) is 10.2 Å². The number of aryl methyl sites for hydroxylation is 2. The molecular formula is C24H30N4O2. The standard InChI is InChI=1S/C24H30N4O2/c1-19-9-13-21(14-10-19)17-25-27-23(29)7-5-3-4-6-8-24(30)28-26-18-22-15-11-20(2)12-16-22/h9-18H,3-8H2,1-2H3,(H,27,29)(H,28,30)/b25-17-,26-18-. The zero-order valence-corrected chi connectivity index (χ0v) is 17.7. The molecule has 0 atom stereocenters. The Bertz CT molecular complexity index is 782. The fourth-order valence-corrected chi connectivity index (χ4v) is 2.70. The lowest BCUT2D eigenvalue weighted by molar-refractivity contribution is -0.122. The number of unbranched alkanes of at least 4 members (excludes halogenated alkanes) is 3. The molecule has 2 aromatic carbocycles. The van der Waals surface area contributed by atoms with Crippen molar-refractivity contribution in [3.8, 4) is 0 Å². The predicted octanol–water partition coefficient (Wildman–Crippen LogP) is 4.24. The maximum absolute atomic E-state index is 11.8. The lowest BCUT2D eigenvalue weighted by atomic mass is 10.1. The summed E-state index contributed by atoms with van der Waals surface area (Å²) in [6, 6.07) is 15.8. The fourth-order valence-electron chi connectivity index (χ4n) is 2.70. The second-order valence-corrected chi connectivity index (χ2v) is 7.32. The van der Waals surface area contributed by atoms with Crippen LogP contribution >= 0.6 is 0 Å². The number of carbonyl (C=O) groups excluding carboxylic acids is 2. The van der Waals surface area contributed by atoms with Crippen LogP contribution in [0.25, 0.3) is 0 Å². The highest BCUT2D eigenvalue weighted by atomic mass is 16.2. The zero-order chi connectivity index (χ0) is 21.6. The van der Waals surface area contributed by atoms with Gasteiger partial charge in [0.05, 0.1) is 12.4 Å². The molecule has 0 saturated heterocycles. The van der Waals surface area contributed by atoms with E-state index in [9.17, 15) is 9.59 Å². The first kappa shape index (κ1) is 23.0. The second-order valence-electron chi connectivity index (χ2n) is 7.32. The molecule has 0 radical (unpaired) electrons. The number of nitrogens with one attached hydrogen (secondary N) is 2. The third-order valence-electron chi connectivity index (χ3n) is 4.52. The van der Waals surface area contributed by atoms with Gasteiger partial charge in [-0.15, -0.1) is 0 Å². The van der Waals surface area contributed by atoms with Gasteiger partial charge in [-0.2, -0.15) is 10.2 Å². The van der Waals surface area contributed by atoms with Gasteiger partial charge in [-0.3, -0.25) is 9.59 Å². The van der Waals surface area contributed by atoms with Crippen molar-refractivity contribution in [1.29, 1.82) is 0 Å². The maximum Gasteiger partial charge on any atom is 0.240 e. The molecule has 0 aliphatic carbocycles. The van der Waals surface area contributed by atoms with E-state index in [-0.39, 0.29) is 11.8 Å². The van der Waals surface area contributed by atoms with Gasteiger partial charge >= 0.3 is 0 Å². The topological polar surface area (TPSA) is 82.9 Å². The van der Waals surface area contributed by atoms with Crippen LogP contribution in [-0.4, -0.2) is 24.2 Å². The van der Waals surface area contributed by atoms with Gasteiger partial charge < -0.3 is 0 Å². The van der Waals surface area contributed by atoms with E-state index < -0.39 is 0 Å². The second kappa shape index (κ2) is 13.0. The first-order chi connectivity index (χ1) is 14.5. The number of rotatable bonds is 11. The molecule has 0 fully saturated rings.